The molecule has 0 saturated heterocycles. The second kappa shape index (κ2) is 4.47. The molecule has 2 aromatic heterocycles. The fraction of sp³-hybridized carbons (Fsp3) is 0. The number of nitriles is 1. The van der Waals surface area contributed by atoms with Crippen molar-refractivity contribution in [1.29, 1.82) is 5.26 Å². The summed E-state index contributed by atoms with van der Waals surface area (Å²) in [5, 5.41) is 8.90. The molecule has 0 aliphatic rings. The lowest BCUT2D eigenvalue weighted by Crippen LogP contribution is -2.11. The quantitative estimate of drug-likeness (QED) is 0.722. The van der Waals surface area contributed by atoms with Crippen LogP contribution in [-0.2, 0) is 10.0 Å². The third-order valence-corrected chi connectivity index (χ3v) is 4.64. The minimum Gasteiger partial charge on any atom is -0.253 e. The van der Waals surface area contributed by atoms with Crippen LogP contribution in [-0.4, -0.2) is 17.4 Å². The van der Waals surface area contributed by atoms with Gasteiger partial charge in [0, 0.05) is 12.4 Å². The third-order valence-electron chi connectivity index (χ3n) is 2.93. The minimum atomic E-state index is -3.68. The van der Waals surface area contributed by atoms with Crippen LogP contribution in [0, 0.1) is 11.3 Å². The molecule has 0 atom stereocenters. The zero-order chi connectivity index (χ0) is 14.2. The molecule has 0 amide bonds. The Hall–Kier alpha value is -2.65. The normalized spacial score (nSPS) is 11.3. The Kier molecular flexibility index (Phi) is 2.77. The summed E-state index contributed by atoms with van der Waals surface area (Å²) in [6.07, 6.45) is 2.86. The Morgan fingerprint density at radius 2 is 1.90 bits per heavy atom. The first-order chi connectivity index (χ1) is 9.63. The summed E-state index contributed by atoms with van der Waals surface area (Å²) in [4.78, 5) is 4.27. The highest BCUT2D eigenvalue weighted by molar-refractivity contribution is 7.90. The topological polar surface area (TPSA) is 75.8 Å². The second-order valence-corrected chi connectivity index (χ2v) is 5.98. The van der Waals surface area contributed by atoms with E-state index in [9.17, 15) is 8.42 Å². The first kappa shape index (κ1) is 12.4. The Bertz CT molecular complexity index is 922. The first-order valence-corrected chi connectivity index (χ1v) is 7.25. The van der Waals surface area contributed by atoms with E-state index < -0.39 is 10.0 Å². The van der Waals surface area contributed by atoms with Crippen LogP contribution in [0.2, 0.25) is 0 Å². The van der Waals surface area contributed by atoms with Crippen molar-refractivity contribution in [2.75, 3.05) is 0 Å². The molecular formula is C14H9N3O2S. The monoisotopic (exact) mass is 283 g/mol. The Morgan fingerprint density at radius 1 is 1.15 bits per heavy atom. The van der Waals surface area contributed by atoms with Crippen LogP contribution < -0.4 is 0 Å². The summed E-state index contributed by atoms with van der Waals surface area (Å²) in [6.45, 7) is 0. The minimum absolute atomic E-state index is 0.194. The molecule has 0 aliphatic heterocycles. The molecule has 98 valence electrons. The molecule has 0 spiro atoms. The number of rotatable bonds is 2. The number of hydrogen-bond donors (Lipinski definition) is 0. The largest absolute Gasteiger partial charge is 0.268 e. The Balaban J connectivity index is 2.28. The van der Waals surface area contributed by atoms with Crippen LogP contribution in [0.3, 0.4) is 0 Å². The van der Waals surface area contributed by atoms with Gasteiger partial charge < -0.3 is 0 Å². The average Bonchev–Trinajstić information content (AvgIpc) is 2.91. The Morgan fingerprint density at radius 3 is 2.60 bits per heavy atom. The number of fused-ring (bicyclic) bond motifs is 1. The molecule has 0 saturated carbocycles. The smallest absolute Gasteiger partial charge is 0.253 e. The highest BCUT2D eigenvalue weighted by atomic mass is 32.2. The van der Waals surface area contributed by atoms with Crippen molar-refractivity contribution in [3.05, 3.63) is 60.4 Å². The summed E-state index contributed by atoms with van der Waals surface area (Å²) >= 11 is 0. The molecule has 2 heterocycles. The van der Waals surface area contributed by atoms with Gasteiger partial charge in [0.25, 0.3) is 10.0 Å². The van der Waals surface area contributed by atoms with E-state index in [0.29, 0.717) is 16.6 Å². The van der Waals surface area contributed by atoms with Crippen molar-refractivity contribution in [3.8, 4) is 6.07 Å². The number of aromatic nitrogens is 2. The van der Waals surface area contributed by atoms with Crippen LogP contribution in [0.5, 0.6) is 0 Å². The number of pyridine rings is 1. The van der Waals surface area contributed by atoms with E-state index in [1.807, 2.05) is 6.07 Å². The van der Waals surface area contributed by atoms with Gasteiger partial charge in [-0.1, -0.05) is 18.2 Å². The van der Waals surface area contributed by atoms with Crippen molar-refractivity contribution >= 4 is 21.1 Å². The lowest BCUT2D eigenvalue weighted by molar-refractivity contribution is 0.589. The average molecular weight is 283 g/mol. The molecule has 6 heteroatoms. The third kappa shape index (κ3) is 1.85. The van der Waals surface area contributed by atoms with E-state index in [-0.39, 0.29) is 4.90 Å². The van der Waals surface area contributed by atoms with Gasteiger partial charge in [0.15, 0.2) is 0 Å². The van der Waals surface area contributed by atoms with Gasteiger partial charge in [-0.25, -0.2) is 12.4 Å². The SMILES string of the molecule is N#Cc1cnc2ccn(S(=O)(=O)c3ccccc3)c2c1. The van der Waals surface area contributed by atoms with Gasteiger partial charge >= 0.3 is 0 Å². The van der Waals surface area contributed by atoms with Gasteiger partial charge in [0.05, 0.1) is 21.5 Å². The van der Waals surface area contributed by atoms with Gasteiger partial charge in [-0.3, -0.25) is 4.98 Å². The summed E-state index contributed by atoms with van der Waals surface area (Å²) in [7, 11) is -3.68. The molecule has 5 nitrogen and oxygen atoms in total. The molecular weight excluding hydrogens is 274 g/mol. The first-order valence-electron chi connectivity index (χ1n) is 5.81. The molecule has 0 radical (unpaired) electrons. The van der Waals surface area contributed by atoms with Crippen LogP contribution in [0.4, 0.5) is 0 Å². The fourth-order valence-electron chi connectivity index (χ4n) is 1.96. The van der Waals surface area contributed by atoms with E-state index in [4.69, 9.17) is 5.26 Å². The Labute approximate surface area is 115 Å². The zero-order valence-electron chi connectivity index (χ0n) is 10.3. The van der Waals surface area contributed by atoms with Crippen LogP contribution in [0.1, 0.15) is 5.56 Å². The highest BCUT2D eigenvalue weighted by Gasteiger charge is 2.18. The maximum Gasteiger partial charge on any atom is 0.268 e. The van der Waals surface area contributed by atoms with E-state index in [2.05, 4.69) is 4.98 Å². The summed E-state index contributed by atoms with van der Waals surface area (Å²) in [6, 6.07) is 13.2. The van der Waals surface area contributed by atoms with Crippen molar-refractivity contribution in [2.45, 2.75) is 4.90 Å². The van der Waals surface area contributed by atoms with Crippen molar-refractivity contribution in [2.24, 2.45) is 0 Å². The molecule has 0 bridgehead atoms. The van der Waals surface area contributed by atoms with E-state index in [1.54, 1.807) is 24.3 Å². The predicted octanol–water partition coefficient (Wildman–Crippen LogP) is 2.14. The van der Waals surface area contributed by atoms with Gasteiger partial charge in [-0.15, -0.1) is 0 Å². The maximum atomic E-state index is 12.6. The number of hydrogen-bond acceptors (Lipinski definition) is 4. The fourth-order valence-corrected chi connectivity index (χ4v) is 3.32. The van der Waals surface area contributed by atoms with Crippen LogP contribution in [0.15, 0.2) is 59.8 Å². The van der Waals surface area contributed by atoms with Gasteiger partial charge in [-0.05, 0) is 24.3 Å². The maximum absolute atomic E-state index is 12.6. The molecule has 20 heavy (non-hydrogen) atoms. The molecule has 3 rings (SSSR count). The summed E-state index contributed by atoms with van der Waals surface area (Å²) < 4.78 is 26.3. The lowest BCUT2D eigenvalue weighted by Gasteiger charge is -2.07. The van der Waals surface area contributed by atoms with Gasteiger partial charge in [0.2, 0.25) is 0 Å². The standard InChI is InChI=1S/C14H9N3O2S/c15-9-11-8-14-13(16-10-11)6-7-17(14)20(18,19)12-4-2-1-3-5-12/h1-8,10H. The van der Waals surface area contributed by atoms with Crippen molar-refractivity contribution < 1.29 is 8.42 Å². The summed E-state index contributed by atoms with van der Waals surface area (Å²) in [5.74, 6) is 0. The summed E-state index contributed by atoms with van der Waals surface area (Å²) in [5.41, 5.74) is 1.25. The van der Waals surface area contributed by atoms with E-state index >= 15 is 0 Å². The van der Waals surface area contributed by atoms with Gasteiger partial charge in [0.1, 0.15) is 6.07 Å². The van der Waals surface area contributed by atoms with Gasteiger partial charge in [-0.2, -0.15) is 5.26 Å². The number of nitrogens with zero attached hydrogens (tertiary/aromatic N) is 3. The molecule has 0 unspecified atom stereocenters. The lowest BCUT2D eigenvalue weighted by atomic mass is 10.3. The molecule has 0 fully saturated rings. The molecule has 0 aliphatic carbocycles. The van der Waals surface area contributed by atoms with Crippen molar-refractivity contribution in [3.63, 3.8) is 0 Å². The predicted molar refractivity (Wildman–Crippen MR) is 73.5 cm³/mol. The molecule has 1 aromatic carbocycles. The van der Waals surface area contributed by atoms with E-state index in [1.165, 1.54) is 30.6 Å². The van der Waals surface area contributed by atoms with Crippen molar-refractivity contribution in [1.82, 2.24) is 8.96 Å². The molecule has 0 N–H and O–H groups in total. The van der Waals surface area contributed by atoms with Crippen LogP contribution >= 0.6 is 0 Å². The van der Waals surface area contributed by atoms with Crippen LogP contribution in [0.25, 0.3) is 11.0 Å². The van der Waals surface area contributed by atoms with E-state index in [0.717, 1.165) is 3.97 Å². The molecule has 3 aromatic rings. The second-order valence-electron chi connectivity index (χ2n) is 4.17. The highest BCUT2D eigenvalue weighted by Crippen LogP contribution is 2.21. The zero-order valence-corrected chi connectivity index (χ0v) is 11.1. The number of benzene rings is 1.